The molecule has 0 bridgehead atoms. The van der Waals surface area contributed by atoms with E-state index in [0.717, 1.165) is 19.3 Å². The van der Waals surface area contributed by atoms with Crippen LogP contribution in [0.4, 0.5) is 0 Å². The predicted octanol–water partition coefficient (Wildman–Crippen LogP) is -1.13. The van der Waals surface area contributed by atoms with E-state index in [2.05, 4.69) is 10.6 Å². The minimum Gasteiger partial charge on any atom is -0.382 e. The third-order valence-corrected chi connectivity index (χ3v) is 3.61. The molecule has 2 fully saturated rings. The smallest absolute Gasteiger partial charge is 0.250 e. The van der Waals surface area contributed by atoms with Gasteiger partial charge >= 0.3 is 0 Å². The van der Waals surface area contributed by atoms with E-state index in [-0.39, 0.29) is 23.8 Å². The van der Waals surface area contributed by atoms with Gasteiger partial charge in [0.15, 0.2) is 0 Å². The molecule has 0 radical (unpaired) electrons. The van der Waals surface area contributed by atoms with Crippen LogP contribution in [0, 0.1) is 5.92 Å². The lowest BCUT2D eigenvalue weighted by Crippen LogP contribution is -2.47. The summed E-state index contributed by atoms with van der Waals surface area (Å²) >= 11 is 0. The van der Waals surface area contributed by atoms with Gasteiger partial charge in [-0.05, 0) is 32.1 Å². The maximum absolute atomic E-state index is 11.6. The van der Waals surface area contributed by atoms with Gasteiger partial charge in [-0.2, -0.15) is 0 Å². The van der Waals surface area contributed by atoms with E-state index >= 15 is 0 Å². The van der Waals surface area contributed by atoms with Crippen LogP contribution in [0.2, 0.25) is 0 Å². The van der Waals surface area contributed by atoms with Crippen molar-refractivity contribution < 1.29 is 14.7 Å². The van der Waals surface area contributed by atoms with Crippen LogP contribution in [0.3, 0.4) is 0 Å². The summed E-state index contributed by atoms with van der Waals surface area (Å²) in [5, 5.41) is 15.2. The molecule has 2 rings (SSSR count). The van der Waals surface area contributed by atoms with E-state index in [9.17, 15) is 14.7 Å². The molecule has 6 nitrogen and oxygen atoms in total. The van der Waals surface area contributed by atoms with Crippen LogP contribution < -0.4 is 16.4 Å². The maximum Gasteiger partial charge on any atom is 0.250 e. The Bertz CT molecular complexity index is 331. The Hall–Kier alpha value is -1.14. The molecule has 102 valence electrons. The van der Waals surface area contributed by atoms with Gasteiger partial charge in [0.05, 0.1) is 0 Å². The summed E-state index contributed by atoms with van der Waals surface area (Å²) < 4.78 is 0. The molecule has 5 N–H and O–H groups in total. The molecule has 0 aromatic heterocycles. The van der Waals surface area contributed by atoms with Crippen molar-refractivity contribution in [2.45, 2.75) is 50.3 Å². The van der Waals surface area contributed by atoms with Crippen molar-refractivity contribution in [2.75, 3.05) is 6.54 Å². The van der Waals surface area contributed by atoms with Gasteiger partial charge in [0.1, 0.15) is 6.10 Å². The van der Waals surface area contributed by atoms with Crippen LogP contribution in [0.15, 0.2) is 0 Å². The average Bonchev–Trinajstić information content (AvgIpc) is 3.06. The van der Waals surface area contributed by atoms with E-state index in [4.69, 9.17) is 5.73 Å². The van der Waals surface area contributed by atoms with Crippen molar-refractivity contribution in [3.63, 3.8) is 0 Å². The minimum absolute atomic E-state index is 0.0188. The molecule has 1 aliphatic carbocycles. The van der Waals surface area contributed by atoms with Crippen LogP contribution in [-0.2, 0) is 9.59 Å². The summed E-state index contributed by atoms with van der Waals surface area (Å²) in [6, 6.07) is -0.378. The molecule has 2 aliphatic rings. The lowest BCUT2D eigenvalue weighted by molar-refractivity contribution is -0.130. The summed E-state index contributed by atoms with van der Waals surface area (Å²) in [5.74, 6) is -0.352. The zero-order valence-electron chi connectivity index (χ0n) is 10.4. The molecule has 1 saturated heterocycles. The molecule has 18 heavy (non-hydrogen) atoms. The van der Waals surface area contributed by atoms with Gasteiger partial charge in [0, 0.05) is 24.5 Å². The van der Waals surface area contributed by atoms with Crippen LogP contribution in [0.1, 0.15) is 32.1 Å². The fourth-order valence-corrected chi connectivity index (χ4v) is 2.18. The van der Waals surface area contributed by atoms with E-state index < -0.39 is 12.1 Å². The van der Waals surface area contributed by atoms with Crippen LogP contribution in [0.25, 0.3) is 0 Å². The molecule has 0 aromatic carbocycles. The summed E-state index contributed by atoms with van der Waals surface area (Å²) in [6.45, 7) is 0.712. The summed E-state index contributed by atoms with van der Waals surface area (Å²) in [7, 11) is 0. The molecular formula is C12H21N3O3. The van der Waals surface area contributed by atoms with Crippen molar-refractivity contribution in [3.05, 3.63) is 0 Å². The van der Waals surface area contributed by atoms with E-state index in [1.807, 2.05) is 0 Å². The lowest BCUT2D eigenvalue weighted by Gasteiger charge is -2.19. The highest BCUT2D eigenvalue weighted by molar-refractivity contribution is 5.82. The number of aliphatic hydroxyl groups excluding tert-OH is 1. The van der Waals surface area contributed by atoms with Gasteiger partial charge in [-0.15, -0.1) is 0 Å². The molecule has 1 aliphatic heterocycles. The molecular weight excluding hydrogens is 234 g/mol. The Morgan fingerprint density at radius 1 is 1.50 bits per heavy atom. The topological polar surface area (TPSA) is 104 Å². The number of carbonyl (C=O) groups excluding carboxylic acids is 2. The standard InChI is InChI=1S/C12H21N3O3/c13-9(4-1-7-5-6-14-11(7)17)10(16)12(18)15-8-2-3-8/h7-10,16H,1-6,13H2,(H,14,17)(H,15,18)/t7-,9+,10?/m1/s1. The van der Waals surface area contributed by atoms with Gasteiger partial charge in [0.2, 0.25) is 5.91 Å². The Morgan fingerprint density at radius 3 is 2.78 bits per heavy atom. The van der Waals surface area contributed by atoms with Gasteiger partial charge in [-0.3, -0.25) is 9.59 Å². The Balaban J connectivity index is 1.70. The van der Waals surface area contributed by atoms with E-state index in [0.29, 0.717) is 19.4 Å². The summed E-state index contributed by atoms with van der Waals surface area (Å²) in [4.78, 5) is 22.9. The average molecular weight is 255 g/mol. The number of aliphatic hydroxyl groups is 1. The number of amides is 2. The molecule has 3 atom stereocenters. The first-order valence-electron chi connectivity index (χ1n) is 6.59. The van der Waals surface area contributed by atoms with E-state index in [1.165, 1.54) is 0 Å². The Kier molecular flexibility index (Phi) is 4.19. The Labute approximate surface area is 106 Å². The quantitative estimate of drug-likeness (QED) is 0.482. The summed E-state index contributed by atoms with van der Waals surface area (Å²) in [6.07, 6.45) is 2.72. The molecule has 6 heteroatoms. The number of nitrogens with one attached hydrogen (secondary N) is 2. The molecule has 2 amide bonds. The summed E-state index contributed by atoms with van der Waals surface area (Å²) in [5.41, 5.74) is 5.80. The number of hydrogen-bond acceptors (Lipinski definition) is 4. The van der Waals surface area contributed by atoms with Gasteiger partial charge in [0.25, 0.3) is 5.91 Å². The normalized spacial score (nSPS) is 26.6. The molecule has 1 saturated carbocycles. The highest BCUT2D eigenvalue weighted by atomic mass is 16.3. The first kappa shape index (κ1) is 13.3. The maximum atomic E-state index is 11.6. The predicted molar refractivity (Wildman–Crippen MR) is 65.5 cm³/mol. The largest absolute Gasteiger partial charge is 0.382 e. The second kappa shape index (κ2) is 5.67. The molecule has 1 unspecified atom stereocenters. The zero-order valence-corrected chi connectivity index (χ0v) is 10.4. The first-order chi connectivity index (χ1) is 8.58. The van der Waals surface area contributed by atoms with Crippen molar-refractivity contribution in [3.8, 4) is 0 Å². The third kappa shape index (κ3) is 3.43. The van der Waals surface area contributed by atoms with E-state index in [1.54, 1.807) is 0 Å². The zero-order chi connectivity index (χ0) is 13.1. The van der Waals surface area contributed by atoms with Gasteiger partial charge < -0.3 is 21.5 Å². The van der Waals surface area contributed by atoms with Crippen molar-refractivity contribution in [1.82, 2.24) is 10.6 Å². The number of carbonyl (C=O) groups is 2. The third-order valence-electron chi connectivity index (χ3n) is 3.61. The number of hydrogen-bond donors (Lipinski definition) is 4. The monoisotopic (exact) mass is 255 g/mol. The number of rotatable bonds is 6. The SMILES string of the molecule is N[C@@H](CC[C@@H]1CCNC1=O)C(O)C(=O)NC1CC1. The van der Waals surface area contributed by atoms with Crippen LogP contribution in [-0.4, -0.2) is 41.7 Å². The molecule has 0 aromatic rings. The second-order valence-corrected chi connectivity index (χ2v) is 5.25. The molecule has 1 heterocycles. The second-order valence-electron chi connectivity index (χ2n) is 5.25. The Morgan fingerprint density at radius 2 is 2.22 bits per heavy atom. The van der Waals surface area contributed by atoms with Crippen LogP contribution in [0.5, 0.6) is 0 Å². The highest BCUT2D eigenvalue weighted by Crippen LogP contribution is 2.20. The van der Waals surface area contributed by atoms with Crippen molar-refractivity contribution >= 4 is 11.8 Å². The van der Waals surface area contributed by atoms with Crippen molar-refractivity contribution in [1.29, 1.82) is 0 Å². The van der Waals surface area contributed by atoms with Gasteiger partial charge in [-0.1, -0.05) is 0 Å². The molecule has 0 spiro atoms. The lowest BCUT2D eigenvalue weighted by atomic mass is 9.96. The van der Waals surface area contributed by atoms with Crippen LogP contribution >= 0.6 is 0 Å². The van der Waals surface area contributed by atoms with Crippen molar-refractivity contribution in [2.24, 2.45) is 11.7 Å². The van der Waals surface area contributed by atoms with Gasteiger partial charge in [-0.25, -0.2) is 0 Å². The fourth-order valence-electron chi connectivity index (χ4n) is 2.18. The highest BCUT2D eigenvalue weighted by Gasteiger charge is 2.31. The first-order valence-corrected chi connectivity index (χ1v) is 6.59. The number of nitrogens with two attached hydrogens (primary N) is 1. The fraction of sp³-hybridized carbons (Fsp3) is 0.833. The minimum atomic E-state index is -1.17.